The van der Waals surface area contributed by atoms with Crippen molar-refractivity contribution in [3.05, 3.63) is 34.4 Å². The van der Waals surface area contributed by atoms with Gasteiger partial charge < -0.3 is 10.4 Å². The van der Waals surface area contributed by atoms with Gasteiger partial charge in [0.05, 0.1) is 17.1 Å². The third-order valence-electron chi connectivity index (χ3n) is 5.02. The number of rotatable bonds is 5. The van der Waals surface area contributed by atoms with Crippen molar-refractivity contribution in [3.63, 3.8) is 0 Å². The van der Waals surface area contributed by atoms with E-state index in [2.05, 4.69) is 10.2 Å². The van der Waals surface area contributed by atoms with Gasteiger partial charge in [-0.15, -0.1) is 0 Å². The fraction of sp³-hybridized carbons (Fsp3) is 0.625. The van der Waals surface area contributed by atoms with Crippen LogP contribution in [0.15, 0.2) is 24.3 Å². The number of nitrogens with zero attached hydrogens (tertiary/aromatic N) is 2. The average Bonchev–Trinajstić information content (AvgIpc) is 2.77. The first-order valence-corrected chi connectivity index (χ1v) is 7.97. The molecule has 1 aromatic rings. The van der Waals surface area contributed by atoms with Gasteiger partial charge in [0, 0.05) is 25.7 Å². The molecule has 4 rings (SSSR count). The lowest BCUT2D eigenvalue weighted by Crippen LogP contribution is -2.47. The maximum absolute atomic E-state index is 11.2. The first-order chi connectivity index (χ1) is 10.6. The molecule has 0 spiro atoms. The van der Waals surface area contributed by atoms with Crippen molar-refractivity contribution < 1.29 is 10.0 Å². The number of nitrogens with one attached hydrogen (secondary N) is 1. The van der Waals surface area contributed by atoms with E-state index in [4.69, 9.17) is 0 Å². The fourth-order valence-electron chi connectivity index (χ4n) is 3.93. The molecule has 120 valence electrons. The number of para-hydroxylation sites is 2. The molecule has 2 saturated heterocycles. The van der Waals surface area contributed by atoms with Gasteiger partial charge >= 0.3 is 0 Å². The van der Waals surface area contributed by atoms with E-state index in [1.54, 1.807) is 18.2 Å². The van der Waals surface area contributed by atoms with Crippen LogP contribution >= 0.6 is 0 Å². The predicted molar refractivity (Wildman–Crippen MR) is 84.9 cm³/mol. The summed E-state index contributed by atoms with van der Waals surface area (Å²) >= 11 is 0. The summed E-state index contributed by atoms with van der Waals surface area (Å²) in [4.78, 5) is 13.2. The van der Waals surface area contributed by atoms with Gasteiger partial charge in [-0.05, 0) is 37.7 Å². The molecule has 2 bridgehead atoms. The van der Waals surface area contributed by atoms with Gasteiger partial charge in [-0.2, -0.15) is 0 Å². The van der Waals surface area contributed by atoms with Gasteiger partial charge in [0.15, 0.2) is 0 Å². The maximum atomic E-state index is 11.2. The van der Waals surface area contributed by atoms with Crippen LogP contribution < -0.4 is 5.32 Å². The predicted octanol–water partition coefficient (Wildman–Crippen LogP) is 2.24. The van der Waals surface area contributed by atoms with Gasteiger partial charge in [-0.1, -0.05) is 12.1 Å². The lowest BCUT2D eigenvalue weighted by Gasteiger charge is -2.39. The van der Waals surface area contributed by atoms with Crippen LogP contribution in [0, 0.1) is 16.0 Å². The Hall–Kier alpha value is -1.66. The number of nitro benzene ring substituents is 1. The quantitative estimate of drug-likeness (QED) is 0.644. The van der Waals surface area contributed by atoms with Crippen LogP contribution in [-0.4, -0.2) is 46.7 Å². The average molecular weight is 305 g/mol. The number of fused-ring (bicyclic) bond motifs is 4. The fourth-order valence-corrected chi connectivity index (χ4v) is 3.93. The molecule has 6 nitrogen and oxygen atoms in total. The van der Waals surface area contributed by atoms with E-state index in [0.29, 0.717) is 18.2 Å². The second-order valence-electron chi connectivity index (χ2n) is 6.58. The number of nitro groups is 1. The topological polar surface area (TPSA) is 78.6 Å². The highest BCUT2D eigenvalue weighted by Gasteiger charge is 2.41. The van der Waals surface area contributed by atoms with Gasteiger partial charge in [-0.3, -0.25) is 15.0 Å². The Bertz CT molecular complexity index is 541. The van der Waals surface area contributed by atoms with E-state index >= 15 is 0 Å². The normalized spacial score (nSPS) is 28.3. The van der Waals surface area contributed by atoms with E-state index in [0.717, 1.165) is 38.8 Å². The number of hydrogen-bond acceptors (Lipinski definition) is 5. The molecule has 0 atom stereocenters. The molecular formula is C16H23N3O3. The van der Waals surface area contributed by atoms with E-state index in [1.807, 2.05) is 6.07 Å². The van der Waals surface area contributed by atoms with Crippen LogP contribution in [0.5, 0.6) is 0 Å². The van der Waals surface area contributed by atoms with Gasteiger partial charge in [0.1, 0.15) is 5.69 Å². The summed E-state index contributed by atoms with van der Waals surface area (Å²) in [6, 6.07) is 6.87. The zero-order chi connectivity index (χ0) is 15.6. The van der Waals surface area contributed by atoms with Gasteiger partial charge in [0.25, 0.3) is 5.69 Å². The van der Waals surface area contributed by atoms with E-state index in [9.17, 15) is 15.2 Å². The molecule has 0 unspecified atom stereocenters. The third-order valence-corrected chi connectivity index (χ3v) is 5.02. The van der Waals surface area contributed by atoms with Crippen LogP contribution in [0.3, 0.4) is 0 Å². The molecule has 6 heteroatoms. The number of anilines is 1. The molecule has 1 aliphatic carbocycles. The number of benzene rings is 1. The van der Waals surface area contributed by atoms with Crippen LogP contribution in [-0.2, 0) is 0 Å². The summed E-state index contributed by atoms with van der Waals surface area (Å²) in [5.74, 6) is 0.690. The van der Waals surface area contributed by atoms with Gasteiger partial charge in [0.2, 0.25) is 0 Å². The van der Waals surface area contributed by atoms with Crippen molar-refractivity contribution in [2.75, 3.05) is 31.6 Å². The minimum atomic E-state index is -0.327. The Labute approximate surface area is 130 Å². The number of aliphatic hydroxyl groups excluding tert-OH is 1. The third kappa shape index (κ3) is 3.08. The highest BCUT2D eigenvalue weighted by molar-refractivity contribution is 5.62. The second-order valence-corrected chi connectivity index (χ2v) is 6.58. The molecule has 2 aliphatic heterocycles. The second kappa shape index (κ2) is 6.22. The summed E-state index contributed by atoms with van der Waals surface area (Å²) in [6.07, 6.45) is 4.36. The lowest BCUT2D eigenvalue weighted by molar-refractivity contribution is -0.384. The van der Waals surface area contributed by atoms with Crippen molar-refractivity contribution in [1.29, 1.82) is 0 Å². The zero-order valence-electron chi connectivity index (χ0n) is 12.7. The van der Waals surface area contributed by atoms with Crippen LogP contribution in [0.25, 0.3) is 0 Å². The standard InChI is InChI=1S/C16H23N3O3/c20-10-9-18-11-13-5-7-16(12-18,8-6-13)17-14-3-1-2-4-15(14)19(21)22/h1-4,13,17,20H,5-12H2. The zero-order valence-corrected chi connectivity index (χ0v) is 12.7. The Morgan fingerprint density at radius 2 is 2.09 bits per heavy atom. The maximum Gasteiger partial charge on any atom is 0.292 e. The van der Waals surface area contributed by atoms with E-state index in [-0.39, 0.29) is 22.8 Å². The monoisotopic (exact) mass is 305 g/mol. The van der Waals surface area contributed by atoms with Crippen molar-refractivity contribution in [2.24, 2.45) is 5.92 Å². The molecule has 2 N–H and O–H groups in total. The summed E-state index contributed by atoms with van der Waals surface area (Å²) in [5.41, 5.74) is 0.627. The molecule has 0 amide bonds. The summed E-state index contributed by atoms with van der Waals surface area (Å²) in [5, 5.41) is 24.0. The molecule has 1 aromatic carbocycles. The van der Waals surface area contributed by atoms with Crippen LogP contribution in [0.2, 0.25) is 0 Å². The summed E-state index contributed by atoms with van der Waals surface area (Å²) in [7, 11) is 0. The highest BCUT2D eigenvalue weighted by atomic mass is 16.6. The molecule has 22 heavy (non-hydrogen) atoms. The highest BCUT2D eigenvalue weighted by Crippen LogP contribution is 2.40. The minimum Gasteiger partial charge on any atom is -0.395 e. The van der Waals surface area contributed by atoms with Crippen LogP contribution in [0.1, 0.15) is 25.7 Å². The van der Waals surface area contributed by atoms with Crippen molar-refractivity contribution in [2.45, 2.75) is 31.2 Å². The van der Waals surface area contributed by atoms with Crippen molar-refractivity contribution >= 4 is 11.4 Å². The molecule has 3 fully saturated rings. The Morgan fingerprint density at radius 3 is 2.77 bits per heavy atom. The van der Waals surface area contributed by atoms with Crippen molar-refractivity contribution in [1.82, 2.24) is 4.90 Å². The Morgan fingerprint density at radius 1 is 1.36 bits per heavy atom. The molecule has 0 radical (unpaired) electrons. The first-order valence-electron chi connectivity index (χ1n) is 7.97. The molecule has 1 saturated carbocycles. The SMILES string of the molecule is O=[N+]([O-])c1ccccc1NC12CCC(CC1)CN(CCO)C2. The first kappa shape index (κ1) is 15.2. The van der Waals surface area contributed by atoms with E-state index in [1.165, 1.54) is 0 Å². The van der Waals surface area contributed by atoms with Crippen LogP contribution in [0.4, 0.5) is 11.4 Å². The lowest BCUT2D eigenvalue weighted by atomic mass is 9.78. The number of aliphatic hydroxyl groups is 1. The molecule has 0 aromatic heterocycles. The summed E-state index contributed by atoms with van der Waals surface area (Å²) in [6.45, 7) is 2.71. The molecule has 3 aliphatic rings. The Balaban J connectivity index is 1.84. The van der Waals surface area contributed by atoms with E-state index < -0.39 is 0 Å². The summed E-state index contributed by atoms with van der Waals surface area (Å²) < 4.78 is 0. The largest absolute Gasteiger partial charge is 0.395 e. The smallest absolute Gasteiger partial charge is 0.292 e. The Kier molecular flexibility index (Phi) is 4.31. The van der Waals surface area contributed by atoms with Gasteiger partial charge in [-0.25, -0.2) is 0 Å². The molecular weight excluding hydrogens is 282 g/mol. The minimum absolute atomic E-state index is 0.117. The number of hydrogen-bond donors (Lipinski definition) is 2. The molecule has 2 heterocycles. The van der Waals surface area contributed by atoms with Crippen molar-refractivity contribution in [3.8, 4) is 0 Å².